The Labute approximate surface area is 141 Å². The number of amides is 2. The maximum absolute atomic E-state index is 12.5. The minimum Gasteiger partial charge on any atom is -0.492 e. The van der Waals surface area contributed by atoms with Crippen LogP contribution in [0.25, 0.3) is 0 Å². The van der Waals surface area contributed by atoms with Crippen LogP contribution in [0.15, 0.2) is 18.2 Å². The number of rotatable bonds is 8. The minimum absolute atomic E-state index is 0.112. The molecule has 0 aliphatic rings. The van der Waals surface area contributed by atoms with Gasteiger partial charge >= 0.3 is 0 Å². The first kappa shape index (κ1) is 19.3. The summed E-state index contributed by atoms with van der Waals surface area (Å²) in [7, 11) is 3.23. The van der Waals surface area contributed by atoms with E-state index in [1.807, 2.05) is 6.92 Å². The van der Waals surface area contributed by atoms with Crippen LogP contribution in [-0.2, 0) is 4.79 Å². The molecule has 128 valence electrons. The van der Waals surface area contributed by atoms with Crippen molar-refractivity contribution in [3.05, 3.63) is 28.8 Å². The average molecular weight is 342 g/mol. The van der Waals surface area contributed by atoms with E-state index in [2.05, 4.69) is 5.32 Å². The van der Waals surface area contributed by atoms with Crippen LogP contribution < -0.4 is 15.8 Å². The van der Waals surface area contributed by atoms with Crippen LogP contribution in [0, 0.1) is 0 Å². The summed E-state index contributed by atoms with van der Waals surface area (Å²) in [6.07, 6.45) is 0.976. The van der Waals surface area contributed by atoms with Gasteiger partial charge in [-0.05, 0) is 38.1 Å². The fourth-order valence-electron chi connectivity index (χ4n) is 1.93. The van der Waals surface area contributed by atoms with Gasteiger partial charge in [0.15, 0.2) is 0 Å². The molecule has 0 heterocycles. The quantitative estimate of drug-likeness (QED) is 0.704. The molecule has 0 saturated heterocycles. The Kier molecular flexibility index (Phi) is 7.85. The lowest BCUT2D eigenvalue weighted by atomic mass is 10.1. The summed E-state index contributed by atoms with van der Waals surface area (Å²) in [4.78, 5) is 25.4. The molecule has 7 heteroatoms. The largest absolute Gasteiger partial charge is 0.492 e. The Hall–Kier alpha value is -1.79. The van der Waals surface area contributed by atoms with E-state index in [4.69, 9.17) is 22.1 Å². The predicted octanol–water partition coefficient (Wildman–Crippen LogP) is 1.66. The number of hydrogen-bond donors (Lipinski definition) is 2. The van der Waals surface area contributed by atoms with E-state index in [0.29, 0.717) is 29.5 Å². The molecule has 0 fully saturated rings. The second kappa shape index (κ2) is 9.37. The standard InChI is InChI=1S/C16H24ClN3O3/c1-11(9-15(21)19-2)20(3)16(22)12-5-6-14(13(17)10-12)23-8-4-7-18/h5-6,10-11H,4,7-9,18H2,1-3H3,(H,19,21)/t11-/m0/s1. The Bertz CT molecular complexity index is 551. The van der Waals surface area contributed by atoms with Crippen LogP contribution in [0.4, 0.5) is 0 Å². The zero-order valence-corrected chi connectivity index (χ0v) is 14.5. The van der Waals surface area contributed by atoms with Crippen molar-refractivity contribution in [2.24, 2.45) is 5.73 Å². The first-order chi connectivity index (χ1) is 10.9. The van der Waals surface area contributed by atoms with E-state index in [1.54, 1.807) is 32.3 Å². The Morgan fingerprint density at radius 3 is 2.70 bits per heavy atom. The number of nitrogens with two attached hydrogens (primary N) is 1. The van der Waals surface area contributed by atoms with Crippen molar-refractivity contribution in [3.8, 4) is 5.75 Å². The predicted molar refractivity (Wildman–Crippen MR) is 90.9 cm³/mol. The first-order valence-corrected chi connectivity index (χ1v) is 7.88. The van der Waals surface area contributed by atoms with Crippen LogP contribution >= 0.6 is 11.6 Å². The molecule has 1 atom stereocenters. The van der Waals surface area contributed by atoms with Gasteiger partial charge in [0.1, 0.15) is 5.75 Å². The van der Waals surface area contributed by atoms with Crippen LogP contribution in [0.1, 0.15) is 30.1 Å². The number of halogens is 1. The van der Waals surface area contributed by atoms with Gasteiger partial charge in [-0.3, -0.25) is 9.59 Å². The number of nitrogens with zero attached hydrogens (tertiary/aromatic N) is 1. The van der Waals surface area contributed by atoms with Gasteiger partial charge in [0, 0.05) is 32.1 Å². The number of ether oxygens (including phenoxy) is 1. The Morgan fingerprint density at radius 2 is 2.13 bits per heavy atom. The highest BCUT2D eigenvalue weighted by molar-refractivity contribution is 6.32. The fraction of sp³-hybridized carbons (Fsp3) is 0.500. The second-order valence-electron chi connectivity index (χ2n) is 5.28. The van der Waals surface area contributed by atoms with Crippen molar-refractivity contribution < 1.29 is 14.3 Å². The summed E-state index contributed by atoms with van der Waals surface area (Å²) in [6.45, 7) is 2.84. The van der Waals surface area contributed by atoms with Crippen molar-refractivity contribution in [1.29, 1.82) is 0 Å². The molecule has 0 bridgehead atoms. The monoisotopic (exact) mass is 341 g/mol. The molecule has 2 amide bonds. The topological polar surface area (TPSA) is 84.7 Å². The molecule has 0 unspecified atom stereocenters. The van der Waals surface area contributed by atoms with Gasteiger partial charge in [-0.2, -0.15) is 0 Å². The summed E-state index contributed by atoms with van der Waals surface area (Å²) in [6, 6.07) is 4.69. The van der Waals surface area contributed by atoms with Gasteiger partial charge < -0.3 is 20.7 Å². The third-order valence-corrected chi connectivity index (χ3v) is 3.82. The zero-order chi connectivity index (χ0) is 17.4. The van der Waals surface area contributed by atoms with Gasteiger partial charge in [-0.25, -0.2) is 0 Å². The van der Waals surface area contributed by atoms with E-state index in [1.165, 1.54) is 4.90 Å². The minimum atomic E-state index is -0.221. The number of nitrogens with one attached hydrogen (secondary N) is 1. The van der Waals surface area contributed by atoms with Gasteiger partial charge in [-0.15, -0.1) is 0 Å². The maximum atomic E-state index is 12.5. The summed E-state index contributed by atoms with van der Waals surface area (Å²) in [5, 5.41) is 2.92. The van der Waals surface area contributed by atoms with Crippen LogP contribution in [0.2, 0.25) is 5.02 Å². The highest BCUT2D eigenvalue weighted by Crippen LogP contribution is 2.26. The summed E-state index contributed by atoms with van der Waals surface area (Å²) < 4.78 is 5.50. The summed E-state index contributed by atoms with van der Waals surface area (Å²) in [5.41, 5.74) is 5.86. The summed E-state index contributed by atoms with van der Waals surface area (Å²) >= 11 is 6.15. The smallest absolute Gasteiger partial charge is 0.253 e. The molecule has 1 aromatic rings. The molecule has 6 nitrogen and oxygen atoms in total. The fourth-order valence-corrected chi connectivity index (χ4v) is 2.16. The molecule has 0 aliphatic carbocycles. The van der Waals surface area contributed by atoms with Gasteiger partial charge in [0.25, 0.3) is 5.91 Å². The number of carbonyl (C=O) groups is 2. The van der Waals surface area contributed by atoms with Crippen molar-refractivity contribution in [3.63, 3.8) is 0 Å². The first-order valence-electron chi connectivity index (χ1n) is 7.50. The van der Waals surface area contributed by atoms with Crippen molar-refractivity contribution in [2.75, 3.05) is 27.2 Å². The lowest BCUT2D eigenvalue weighted by molar-refractivity contribution is -0.121. The number of carbonyl (C=O) groups excluding carboxylic acids is 2. The number of benzene rings is 1. The molecular formula is C16H24ClN3O3. The van der Waals surface area contributed by atoms with E-state index in [0.717, 1.165) is 6.42 Å². The lowest BCUT2D eigenvalue weighted by Crippen LogP contribution is -2.38. The molecule has 0 saturated carbocycles. The van der Waals surface area contributed by atoms with E-state index in [9.17, 15) is 9.59 Å². The SMILES string of the molecule is CNC(=O)C[C@H](C)N(C)C(=O)c1ccc(OCCCN)c(Cl)c1. The molecule has 1 rings (SSSR count). The molecule has 0 spiro atoms. The highest BCUT2D eigenvalue weighted by Gasteiger charge is 2.20. The molecule has 0 aromatic heterocycles. The average Bonchev–Trinajstić information content (AvgIpc) is 2.54. The second-order valence-corrected chi connectivity index (χ2v) is 5.69. The molecular weight excluding hydrogens is 318 g/mol. The molecule has 0 radical (unpaired) electrons. The number of hydrogen-bond acceptors (Lipinski definition) is 4. The van der Waals surface area contributed by atoms with Crippen LogP contribution in [-0.4, -0.2) is 50.0 Å². The lowest BCUT2D eigenvalue weighted by Gasteiger charge is -2.24. The maximum Gasteiger partial charge on any atom is 0.253 e. The Morgan fingerprint density at radius 1 is 1.43 bits per heavy atom. The third-order valence-electron chi connectivity index (χ3n) is 3.53. The molecule has 3 N–H and O–H groups in total. The van der Waals surface area contributed by atoms with E-state index < -0.39 is 0 Å². The van der Waals surface area contributed by atoms with Crippen molar-refractivity contribution in [2.45, 2.75) is 25.8 Å². The van der Waals surface area contributed by atoms with E-state index >= 15 is 0 Å². The zero-order valence-electron chi connectivity index (χ0n) is 13.8. The van der Waals surface area contributed by atoms with Crippen LogP contribution in [0.3, 0.4) is 0 Å². The van der Waals surface area contributed by atoms with Crippen molar-refractivity contribution in [1.82, 2.24) is 10.2 Å². The van der Waals surface area contributed by atoms with Crippen molar-refractivity contribution >= 4 is 23.4 Å². The van der Waals surface area contributed by atoms with Gasteiger partial charge in [0.05, 0.1) is 11.6 Å². The van der Waals surface area contributed by atoms with E-state index in [-0.39, 0.29) is 24.3 Å². The third kappa shape index (κ3) is 5.73. The van der Waals surface area contributed by atoms with Gasteiger partial charge in [0.2, 0.25) is 5.91 Å². The van der Waals surface area contributed by atoms with Gasteiger partial charge in [-0.1, -0.05) is 11.6 Å². The highest BCUT2D eigenvalue weighted by atomic mass is 35.5. The molecule has 23 heavy (non-hydrogen) atoms. The summed E-state index contributed by atoms with van der Waals surface area (Å²) in [5.74, 6) is 0.216. The van der Waals surface area contributed by atoms with Crippen LogP contribution in [0.5, 0.6) is 5.75 Å². The Balaban J connectivity index is 2.75. The molecule has 1 aromatic carbocycles. The molecule has 0 aliphatic heterocycles. The normalized spacial score (nSPS) is 11.7.